The van der Waals surface area contributed by atoms with E-state index >= 15 is 0 Å². The maximum atomic E-state index is 5.99. The van der Waals surface area contributed by atoms with Crippen LogP contribution in [0.2, 0.25) is 5.02 Å². The van der Waals surface area contributed by atoms with E-state index in [1.807, 2.05) is 12.1 Å². The third-order valence-corrected chi connectivity index (χ3v) is 4.07. The van der Waals surface area contributed by atoms with Gasteiger partial charge in [-0.1, -0.05) is 44.0 Å². The third kappa shape index (κ3) is 3.71. The Balaban J connectivity index is 2.16. The van der Waals surface area contributed by atoms with E-state index in [0.29, 0.717) is 6.04 Å². The van der Waals surface area contributed by atoms with Gasteiger partial charge in [-0.05, 0) is 37.0 Å². The van der Waals surface area contributed by atoms with Crippen molar-refractivity contribution in [2.24, 2.45) is 0 Å². The number of rotatable bonds is 5. The summed E-state index contributed by atoms with van der Waals surface area (Å²) in [5.41, 5.74) is 1.35. The molecule has 1 aromatic rings. The summed E-state index contributed by atoms with van der Waals surface area (Å²) in [7, 11) is 0. The molecule has 1 aliphatic heterocycles. The lowest BCUT2D eigenvalue weighted by Gasteiger charge is -2.41. The topological polar surface area (TPSA) is 12.5 Å². The molecule has 1 aliphatic rings. The van der Waals surface area contributed by atoms with E-state index in [0.717, 1.165) is 43.9 Å². The van der Waals surface area contributed by atoms with Crippen molar-refractivity contribution in [3.8, 4) is 0 Å². The van der Waals surface area contributed by atoms with E-state index in [-0.39, 0.29) is 6.23 Å². The standard InChI is InChI=1S/C16H24ClNO/c1-3-6-16-18(11-5-12-19-16)15(4-2)13-7-9-14(17)10-8-13/h7-10,15-16H,3-6,11-12H2,1-2H3. The van der Waals surface area contributed by atoms with Crippen molar-refractivity contribution < 1.29 is 4.74 Å². The molecule has 106 valence electrons. The molecule has 0 N–H and O–H groups in total. The Labute approximate surface area is 121 Å². The predicted molar refractivity (Wildman–Crippen MR) is 80.5 cm³/mol. The van der Waals surface area contributed by atoms with Gasteiger partial charge in [-0.25, -0.2) is 0 Å². The zero-order valence-corrected chi connectivity index (χ0v) is 12.7. The summed E-state index contributed by atoms with van der Waals surface area (Å²) >= 11 is 5.99. The predicted octanol–water partition coefficient (Wildman–Crippen LogP) is 4.64. The van der Waals surface area contributed by atoms with E-state index in [1.165, 1.54) is 5.56 Å². The van der Waals surface area contributed by atoms with Crippen molar-refractivity contribution >= 4 is 11.6 Å². The Morgan fingerprint density at radius 1 is 1.32 bits per heavy atom. The van der Waals surface area contributed by atoms with Crippen LogP contribution in [0.5, 0.6) is 0 Å². The number of halogens is 1. The Morgan fingerprint density at radius 3 is 2.68 bits per heavy atom. The van der Waals surface area contributed by atoms with E-state index < -0.39 is 0 Å². The lowest BCUT2D eigenvalue weighted by molar-refractivity contribution is -0.119. The number of nitrogens with zero attached hydrogens (tertiary/aromatic N) is 1. The summed E-state index contributed by atoms with van der Waals surface area (Å²) in [4.78, 5) is 2.52. The zero-order valence-electron chi connectivity index (χ0n) is 11.9. The average Bonchev–Trinajstić information content (AvgIpc) is 2.44. The minimum Gasteiger partial charge on any atom is -0.363 e. The molecule has 1 heterocycles. The summed E-state index contributed by atoms with van der Waals surface area (Å²) in [5, 5.41) is 0.804. The van der Waals surface area contributed by atoms with Crippen LogP contribution in [0.3, 0.4) is 0 Å². The minimum absolute atomic E-state index is 0.277. The van der Waals surface area contributed by atoms with Crippen molar-refractivity contribution in [2.75, 3.05) is 13.2 Å². The van der Waals surface area contributed by atoms with Gasteiger partial charge >= 0.3 is 0 Å². The van der Waals surface area contributed by atoms with Crippen LogP contribution in [-0.2, 0) is 4.74 Å². The van der Waals surface area contributed by atoms with Gasteiger partial charge in [0.1, 0.15) is 6.23 Å². The molecule has 2 unspecified atom stereocenters. The Kier molecular flexibility index (Phi) is 5.68. The van der Waals surface area contributed by atoms with Gasteiger partial charge in [-0.3, -0.25) is 4.90 Å². The Hall–Kier alpha value is -0.570. The molecule has 0 aliphatic carbocycles. The SMILES string of the molecule is CCCC1OCCCN1C(CC)c1ccc(Cl)cc1. The summed E-state index contributed by atoms with van der Waals surface area (Å²) in [5.74, 6) is 0. The van der Waals surface area contributed by atoms with E-state index in [2.05, 4.69) is 30.9 Å². The number of hydrogen-bond acceptors (Lipinski definition) is 2. The van der Waals surface area contributed by atoms with Gasteiger partial charge < -0.3 is 4.74 Å². The van der Waals surface area contributed by atoms with Crippen LogP contribution in [0.4, 0.5) is 0 Å². The highest BCUT2D eigenvalue weighted by atomic mass is 35.5. The maximum absolute atomic E-state index is 5.99. The normalized spacial score (nSPS) is 22.4. The lowest BCUT2D eigenvalue weighted by atomic mass is 10.0. The van der Waals surface area contributed by atoms with Crippen molar-refractivity contribution in [3.05, 3.63) is 34.9 Å². The smallest absolute Gasteiger partial charge is 0.111 e. The molecule has 0 aromatic heterocycles. The maximum Gasteiger partial charge on any atom is 0.111 e. The van der Waals surface area contributed by atoms with Gasteiger partial charge in [0, 0.05) is 24.2 Å². The fraction of sp³-hybridized carbons (Fsp3) is 0.625. The molecule has 3 heteroatoms. The first-order valence-corrected chi connectivity index (χ1v) is 7.76. The first-order chi connectivity index (χ1) is 9.26. The van der Waals surface area contributed by atoms with Gasteiger partial charge in [0.2, 0.25) is 0 Å². The summed E-state index contributed by atoms with van der Waals surface area (Å²) < 4.78 is 5.96. The minimum atomic E-state index is 0.277. The van der Waals surface area contributed by atoms with Crippen LogP contribution >= 0.6 is 11.6 Å². The zero-order chi connectivity index (χ0) is 13.7. The lowest BCUT2D eigenvalue weighted by Crippen LogP contribution is -2.44. The molecule has 0 amide bonds. The Bertz CT molecular complexity index is 377. The van der Waals surface area contributed by atoms with Crippen LogP contribution in [-0.4, -0.2) is 24.3 Å². The second kappa shape index (κ2) is 7.28. The summed E-state index contributed by atoms with van der Waals surface area (Å²) in [6.07, 6.45) is 4.79. The molecule has 1 saturated heterocycles. The molecule has 1 fully saturated rings. The number of ether oxygens (including phenoxy) is 1. The van der Waals surface area contributed by atoms with Gasteiger partial charge in [0.25, 0.3) is 0 Å². The van der Waals surface area contributed by atoms with Crippen molar-refractivity contribution in [1.29, 1.82) is 0 Å². The van der Waals surface area contributed by atoms with E-state index in [4.69, 9.17) is 16.3 Å². The van der Waals surface area contributed by atoms with Gasteiger partial charge in [-0.2, -0.15) is 0 Å². The average molecular weight is 282 g/mol. The third-order valence-electron chi connectivity index (χ3n) is 3.82. The van der Waals surface area contributed by atoms with Gasteiger partial charge in [-0.15, -0.1) is 0 Å². The number of hydrogen-bond donors (Lipinski definition) is 0. The fourth-order valence-corrected chi connectivity index (χ4v) is 3.03. The molecule has 0 saturated carbocycles. The van der Waals surface area contributed by atoms with Gasteiger partial charge in [0.05, 0.1) is 0 Å². The molecule has 0 radical (unpaired) electrons. The van der Waals surface area contributed by atoms with Crippen LogP contribution in [0.15, 0.2) is 24.3 Å². The van der Waals surface area contributed by atoms with Crippen molar-refractivity contribution in [3.63, 3.8) is 0 Å². The molecule has 2 rings (SSSR count). The van der Waals surface area contributed by atoms with E-state index in [1.54, 1.807) is 0 Å². The fourth-order valence-electron chi connectivity index (χ4n) is 2.91. The second-order valence-corrected chi connectivity index (χ2v) is 5.62. The molecule has 2 atom stereocenters. The molecule has 19 heavy (non-hydrogen) atoms. The number of benzene rings is 1. The van der Waals surface area contributed by atoms with Crippen molar-refractivity contribution in [1.82, 2.24) is 4.90 Å². The highest BCUT2D eigenvalue weighted by molar-refractivity contribution is 6.30. The highest BCUT2D eigenvalue weighted by Gasteiger charge is 2.28. The molecule has 2 nitrogen and oxygen atoms in total. The molecular weight excluding hydrogens is 258 g/mol. The second-order valence-electron chi connectivity index (χ2n) is 5.18. The van der Waals surface area contributed by atoms with Gasteiger partial charge in [0.15, 0.2) is 0 Å². The molecule has 0 bridgehead atoms. The summed E-state index contributed by atoms with van der Waals surface area (Å²) in [6.45, 7) is 6.50. The van der Waals surface area contributed by atoms with Crippen molar-refractivity contribution in [2.45, 2.75) is 51.8 Å². The first kappa shape index (κ1) is 14.8. The van der Waals surface area contributed by atoms with Crippen LogP contribution in [0.1, 0.15) is 51.1 Å². The quantitative estimate of drug-likeness (QED) is 0.780. The molecule has 1 aromatic carbocycles. The first-order valence-electron chi connectivity index (χ1n) is 7.39. The van der Waals surface area contributed by atoms with Crippen LogP contribution < -0.4 is 0 Å². The van der Waals surface area contributed by atoms with Crippen LogP contribution in [0, 0.1) is 0 Å². The highest BCUT2D eigenvalue weighted by Crippen LogP contribution is 2.31. The monoisotopic (exact) mass is 281 g/mol. The molecule has 0 spiro atoms. The van der Waals surface area contributed by atoms with E-state index in [9.17, 15) is 0 Å². The Morgan fingerprint density at radius 2 is 2.05 bits per heavy atom. The van der Waals surface area contributed by atoms with Crippen LogP contribution in [0.25, 0.3) is 0 Å². The largest absolute Gasteiger partial charge is 0.363 e. The summed E-state index contributed by atoms with van der Waals surface area (Å²) in [6, 6.07) is 8.70. The molecular formula is C16H24ClNO.